The molecule has 0 heterocycles. The lowest BCUT2D eigenvalue weighted by molar-refractivity contribution is 0.729. The maximum atomic E-state index is 6.25. The number of alkyl halides is 1. The Labute approximate surface area is 128 Å². The van der Waals surface area contributed by atoms with E-state index in [1.165, 1.54) is 16.7 Å². The molecule has 1 atom stereocenters. The molecule has 0 N–H and O–H groups in total. The molecule has 0 radical (unpaired) electrons. The minimum absolute atomic E-state index is 0.429. The average Bonchev–Trinajstić information content (AvgIpc) is 2.42. The van der Waals surface area contributed by atoms with Gasteiger partial charge in [0.2, 0.25) is 0 Å². The van der Waals surface area contributed by atoms with Crippen molar-refractivity contribution in [1.29, 1.82) is 0 Å². The fourth-order valence-corrected chi connectivity index (χ4v) is 3.11. The smallest absolute Gasteiger partial charge is 0.0440 e. The summed E-state index contributed by atoms with van der Waals surface area (Å²) in [6.45, 7) is 2.07. The first-order valence-corrected chi connectivity index (χ1v) is 7.90. The minimum atomic E-state index is 0.429. The molecule has 0 saturated heterocycles. The van der Waals surface area contributed by atoms with Crippen LogP contribution in [0.1, 0.15) is 34.4 Å². The van der Waals surface area contributed by atoms with Gasteiger partial charge in [0.25, 0.3) is 0 Å². The molecule has 100 valence electrons. The first-order valence-electron chi connectivity index (χ1n) is 6.61. The highest BCUT2D eigenvalue weighted by atomic mass is 79.9. The van der Waals surface area contributed by atoms with E-state index in [0.29, 0.717) is 4.83 Å². The third-order valence-corrected chi connectivity index (χ3v) is 4.61. The third-order valence-electron chi connectivity index (χ3n) is 3.27. The van der Waals surface area contributed by atoms with E-state index in [4.69, 9.17) is 11.6 Å². The van der Waals surface area contributed by atoms with Crippen molar-refractivity contribution in [2.24, 2.45) is 0 Å². The zero-order chi connectivity index (χ0) is 13.7. The van der Waals surface area contributed by atoms with E-state index in [1.807, 2.05) is 6.07 Å². The second kappa shape index (κ2) is 7.12. The van der Waals surface area contributed by atoms with E-state index < -0.39 is 0 Å². The van der Waals surface area contributed by atoms with E-state index in [9.17, 15) is 0 Å². The Kier molecular flexibility index (Phi) is 5.47. The van der Waals surface area contributed by atoms with Gasteiger partial charge in [-0.05, 0) is 48.9 Å². The molecule has 2 aromatic rings. The number of benzene rings is 2. The Morgan fingerprint density at radius 2 is 1.84 bits per heavy atom. The summed E-state index contributed by atoms with van der Waals surface area (Å²) in [6, 6.07) is 16.9. The lowest BCUT2D eigenvalue weighted by Gasteiger charge is -2.10. The summed E-state index contributed by atoms with van der Waals surface area (Å²) in [5, 5.41) is 0.894. The van der Waals surface area contributed by atoms with Crippen molar-refractivity contribution in [3.05, 3.63) is 70.2 Å². The number of hydrogen-bond acceptors (Lipinski definition) is 0. The Morgan fingerprint density at radius 3 is 2.53 bits per heavy atom. The first kappa shape index (κ1) is 14.6. The highest BCUT2D eigenvalue weighted by Gasteiger charge is 2.07. The van der Waals surface area contributed by atoms with Crippen molar-refractivity contribution < 1.29 is 0 Å². The van der Waals surface area contributed by atoms with Crippen molar-refractivity contribution in [2.45, 2.75) is 31.0 Å². The van der Waals surface area contributed by atoms with Crippen molar-refractivity contribution in [3.63, 3.8) is 0 Å². The molecular formula is C17H18BrCl. The highest BCUT2D eigenvalue weighted by molar-refractivity contribution is 9.09. The molecule has 1 unspecified atom stereocenters. The SMILES string of the molecule is Cc1ccc(CCCC(Br)c2ccccc2)c(Cl)c1. The maximum absolute atomic E-state index is 6.25. The van der Waals surface area contributed by atoms with Gasteiger partial charge in [0.15, 0.2) is 0 Å². The monoisotopic (exact) mass is 336 g/mol. The normalized spacial score (nSPS) is 12.4. The molecule has 0 aliphatic heterocycles. The van der Waals surface area contributed by atoms with Crippen molar-refractivity contribution in [2.75, 3.05) is 0 Å². The Morgan fingerprint density at radius 1 is 1.11 bits per heavy atom. The fraction of sp³-hybridized carbons (Fsp3) is 0.294. The van der Waals surface area contributed by atoms with E-state index in [-0.39, 0.29) is 0 Å². The van der Waals surface area contributed by atoms with Gasteiger partial charge >= 0.3 is 0 Å². The average molecular weight is 338 g/mol. The van der Waals surface area contributed by atoms with Crippen LogP contribution in [0.5, 0.6) is 0 Å². The third kappa shape index (κ3) is 4.36. The zero-order valence-corrected chi connectivity index (χ0v) is 13.4. The van der Waals surface area contributed by atoms with Crippen LogP contribution in [0.25, 0.3) is 0 Å². The van der Waals surface area contributed by atoms with Gasteiger partial charge in [0, 0.05) is 9.85 Å². The molecule has 0 spiro atoms. The molecule has 0 aliphatic rings. The van der Waals surface area contributed by atoms with Gasteiger partial charge in [0.1, 0.15) is 0 Å². The van der Waals surface area contributed by atoms with Gasteiger partial charge in [0.05, 0.1) is 0 Å². The van der Waals surface area contributed by atoms with Gasteiger partial charge in [-0.15, -0.1) is 0 Å². The summed E-state index contributed by atoms with van der Waals surface area (Å²) < 4.78 is 0. The van der Waals surface area contributed by atoms with Crippen LogP contribution >= 0.6 is 27.5 Å². The summed E-state index contributed by atoms with van der Waals surface area (Å²) in [5.74, 6) is 0. The van der Waals surface area contributed by atoms with Gasteiger partial charge in [-0.2, -0.15) is 0 Å². The molecule has 0 fully saturated rings. The van der Waals surface area contributed by atoms with Crippen LogP contribution in [0.3, 0.4) is 0 Å². The summed E-state index contributed by atoms with van der Waals surface area (Å²) in [7, 11) is 0. The fourth-order valence-electron chi connectivity index (χ4n) is 2.16. The van der Waals surface area contributed by atoms with Crippen LogP contribution in [-0.2, 0) is 6.42 Å². The van der Waals surface area contributed by atoms with E-state index in [2.05, 4.69) is 65.3 Å². The lowest BCUT2D eigenvalue weighted by Crippen LogP contribution is -1.93. The zero-order valence-electron chi connectivity index (χ0n) is 11.1. The van der Waals surface area contributed by atoms with Crippen LogP contribution in [-0.4, -0.2) is 0 Å². The Balaban J connectivity index is 1.86. The standard InChI is InChI=1S/C17H18BrCl/c1-13-10-11-15(17(19)12-13)8-5-9-16(18)14-6-3-2-4-7-14/h2-4,6-7,10-12,16H,5,8-9H2,1H3. The van der Waals surface area contributed by atoms with Crippen molar-refractivity contribution in [1.82, 2.24) is 0 Å². The molecule has 0 amide bonds. The molecule has 19 heavy (non-hydrogen) atoms. The van der Waals surface area contributed by atoms with Gasteiger partial charge in [-0.3, -0.25) is 0 Å². The largest absolute Gasteiger partial charge is 0.0840 e. The highest BCUT2D eigenvalue weighted by Crippen LogP contribution is 2.29. The molecule has 0 bridgehead atoms. The van der Waals surface area contributed by atoms with Crippen LogP contribution in [0, 0.1) is 6.92 Å². The number of rotatable bonds is 5. The molecule has 0 aliphatic carbocycles. The van der Waals surface area contributed by atoms with Gasteiger partial charge < -0.3 is 0 Å². The minimum Gasteiger partial charge on any atom is -0.0840 e. The lowest BCUT2D eigenvalue weighted by atomic mass is 10.0. The van der Waals surface area contributed by atoms with Crippen molar-refractivity contribution in [3.8, 4) is 0 Å². The first-order chi connectivity index (χ1) is 9.16. The quantitative estimate of drug-likeness (QED) is 0.578. The topological polar surface area (TPSA) is 0 Å². The molecule has 2 aromatic carbocycles. The molecule has 2 rings (SSSR count). The van der Waals surface area contributed by atoms with Gasteiger partial charge in [-0.25, -0.2) is 0 Å². The predicted molar refractivity (Wildman–Crippen MR) is 87.2 cm³/mol. The summed E-state index contributed by atoms with van der Waals surface area (Å²) in [5.41, 5.74) is 3.81. The molecule has 2 heteroatoms. The van der Waals surface area contributed by atoms with Crippen LogP contribution in [0.15, 0.2) is 48.5 Å². The molecule has 0 nitrogen and oxygen atoms in total. The Hall–Kier alpha value is -0.790. The van der Waals surface area contributed by atoms with Crippen LogP contribution < -0.4 is 0 Å². The maximum Gasteiger partial charge on any atom is 0.0440 e. The van der Waals surface area contributed by atoms with E-state index >= 15 is 0 Å². The van der Waals surface area contributed by atoms with E-state index in [1.54, 1.807) is 0 Å². The predicted octanol–water partition coefficient (Wildman–Crippen LogP) is 6.11. The second-order valence-corrected chi connectivity index (χ2v) is 6.38. The Bertz CT molecular complexity index is 522. The van der Waals surface area contributed by atoms with Crippen LogP contribution in [0.4, 0.5) is 0 Å². The van der Waals surface area contributed by atoms with Crippen molar-refractivity contribution >= 4 is 27.5 Å². The number of halogens is 2. The summed E-state index contributed by atoms with van der Waals surface area (Å²) in [4.78, 5) is 0.429. The molecule has 0 saturated carbocycles. The number of hydrogen-bond donors (Lipinski definition) is 0. The second-order valence-electron chi connectivity index (χ2n) is 4.87. The van der Waals surface area contributed by atoms with Crippen LogP contribution in [0.2, 0.25) is 5.02 Å². The summed E-state index contributed by atoms with van der Waals surface area (Å²) in [6.07, 6.45) is 3.29. The summed E-state index contributed by atoms with van der Waals surface area (Å²) >= 11 is 10.0. The molecule has 0 aromatic heterocycles. The van der Waals surface area contributed by atoms with Gasteiger partial charge in [-0.1, -0.05) is 70.0 Å². The molecular weight excluding hydrogens is 320 g/mol. The number of aryl methyl sites for hydroxylation is 2. The van der Waals surface area contributed by atoms with E-state index in [0.717, 1.165) is 24.3 Å².